The van der Waals surface area contributed by atoms with E-state index < -0.39 is 24.5 Å². The van der Waals surface area contributed by atoms with Gasteiger partial charge in [-0.2, -0.15) is 13.2 Å². The van der Waals surface area contributed by atoms with Crippen molar-refractivity contribution in [2.75, 3.05) is 13.1 Å². The lowest BCUT2D eigenvalue weighted by Crippen LogP contribution is -2.37. The predicted octanol–water partition coefficient (Wildman–Crippen LogP) is 2.94. The third-order valence-corrected chi connectivity index (χ3v) is 6.72. The molecule has 15 heteroatoms. The fourth-order valence-corrected chi connectivity index (χ4v) is 4.54. The van der Waals surface area contributed by atoms with Gasteiger partial charge in [-0.05, 0) is 55.7 Å². The maximum absolute atomic E-state index is 13.1. The van der Waals surface area contributed by atoms with Crippen molar-refractivity contribution < 1.29 is 23.1 Å². The van der Waals surface area contributed by atoms with Crippen molar-refractivity contribution in [3.8, 4) is 17.1 Å². The first-order valence-electron chi connectivity index (χ1n) is 12.5. The molecule has 1 atom stereocenters. The number of rotatable bonds is 7. The average molecular weight is 577 g/mol. The number of amides is 1. The van der Waals surface area contributed by atoms with Gasteiger partial charge in [0.1, 0.15) is 12.9 Å². The Kier molecular flexibility index (Phi) is 7.72. The Morgan fingerprint density at radius 2 is 1.77 bits per heavy atom. The zero-order chi connectivity index (χ0) is 28.4. The van der Waals surface area contributed by atoms with E-state index in [1.54, 1.807) is 17.0 Å². The van der Waals surface area contributed by atoms with Crippen LogP contribution in [0.4, 0.5) is 13.2 Å². The molecule has 1 saturated heterocycles. The topological polar surface area (TPSA) is 124 Å². The first-order valence-corrected chi connectivity index (χ1v) is 12.8. The average Bonchev–Trinajstić information content (AvgIpc) is 3.53. The highest BCUT2D eigenvalue weighted by molar-refractivity contribution is 6.30. The van der Waals surface area contributed by atoms with Crippen LogP contribution in [-0.2, 0) is 13.1 Å². The Labute approximate surface area is 230 Å². The molecule has 210 valence electrons. The normalized spacial score (nSPS) is 14.9. The van der Waals surface area contributed by atoms with E-state index in [2.05, 4.69) is 20.2 Å². The molecule has 1 aliphatic heterocycles. The number of benzene rings is 1. The van der Waals surface area contributed by atoms with Gasteiger partial charge in [0.05, 0.1) is 12.2 Å². The molecule has 1 aromatic carbocycles. The minimum Gasteiger partial charge on any atom is -0.382 e. The highest BCUT2D eigenvalue weighted by Gasteiger charge is 2.39. The number of likely N-dealkylation sites (tertiary alicyclic amines) is 1. The number of carbonyl (C=O) groups excluding carboxylic acids is 1. The number of nitrogens with zero attached hydrogens (tertiary/aromatic N) is 8. The van der Waals surface area contributed by atoms with Crippen LogP contribution in [0.3, 0.4) is 0 Å². The molecule has 1 aliphatic rings. The number of hydrogen-bond donors (Lipinski definition) is 1. The van der Waals surface area contributed by atoms with E-state index in [1.807, 2.05) is 0 Å². The van der Waals surface area contributed by atoms with Gasteiger partial charge in [-0.3, -0.25) is 9.36 Å². The summed E-state index contributed by atoms with van der Waals surface area (Å²) in [5.41, 5.74) is 0.0228. The number of aliphatic hydroxyl groups excluding tert-OH is 1. The molecular weight excluding hydrogens is 553 g/mol. The zero-order valence-electron chi connectivity index (χ0n) is 21.0. The molecule has 0 radical (unpaired) electrons. The van der Waals surface area contributed by atoms with E-state index in [1.165, 1.54) is 41.5 Å². The molecule has 1 N–H and O–H groups in total. The zero-order valence-corrected chi connectivity index (χ0v) is 21.8. The monoisotopic (exact) mass is 576 g/mol. The Morgan fingerprint density at radius 3 is 2.48 bits per heavy atom. The number of piperidine rings is 1. The number of hydrogen-bond acceptors (Lipinski definition) is 7. The Hall–Kier alpha value is -4.04. The summed E-state index contributed by atoms with van der Waals surface area (Å²) in [6.45, 7) is -0.0545. The third kappa shape index (κ3) is 5.77. The van der Waals surface area contributed by atoms with Gasteiger partial charge in [-0.1, -0.05) is 11.6 Å². The van der Waals surface area contributed by atoms with Crippen LogP contribution in [0.1, 0.15) is 35.6 Å². The standard InChI is InChI=1S/C25H24ClF3N8O3/c26-17-8-6-16(7-9-17)22-33-36(24(40)35(22)13-19(38)25(27,28)29)14-20-31-15-37(32-20)18-5-4-10-30-21(18)23(39)34-11-2-1-3-12-34/h4-10,15,19,38H,1-3,11-14H2/t19-/m1/s1. The lowest BCUT2D eigenvalue weighted by Gasteiger charge is -2.26. The van der Waals surface area contributed by atoms with Crippen molar-refractivity contribution in [3.05, 3.63) is 75.9 Å². The predicted molar refractivity (Wildman–Crippen MR) is 137 cm³/mol. The van der Waals surface area contributed by atoms with Crippen LogP contribution in [0.2, 0.25) is 5.02 Å². The van der Waals surface area contributed by atoms with Crippen molar-refractivity contribution in [1.82, 2.24) is 39.0 Å². The number of carbonyl (C=O) groups is 1. The van der Waals surface area contributed by atoms with Crippen LogP contribution in [0.25, 0.3) is 17.1 Å². The highest BCUT2D eigenvalue weighted by atomic mass is 35.5. The maximum Gasteiger partial charge on any atom is 0.416 e. The second-order valence-corrected chi connectivity index (χ2v) is 9.70. The van der Waals surface area contributed by atoms with Crippen molar-refractivity contribution in [1.29, 1.82) is 0 Å². The van der Waals surface area contributed by atoms with Crippen LogP contribution in [0, 0.1) is 0 Å². The minimum atomic E-state index is -4.94. The fraction of sp³-hybridized carbons (Fsp3) is 0.360. The number of aromatic nitrogens is 7. The first kappa shape index (κ1) is 27.5. The third-order valence-electron chi connectivity index (χ3n) is 6.47. The summed E-state index contributed by atoms with van der Waals surface area (Å²) in [5, 5.41) is 18.6. The van der Waals surface area contributed by atoms with Gasteiger partial charge in [-0.15, -0.1) is 10.2 Å². The van der Waals surface area contributed by atoms with E-state index >= 15 is 0 Å². The van der Waals surface area contributed by atoms with Crippen molar-refractivity contribution >= 4 is 17.5 Å². The highest BCUT2D eigenvalue weighted by Crippen LogP contribution is 2.24. The molecule has 11 nitrogen and oxygen atoms in total. The number of aliphatic hydroxyl groups is 1. The summed E-state index contributed by atoms with van der Waals surface area (Å²) in [6.07, 6.45) is -1.95. The minimum absolute atomic E-state index is 0.0916. The molecule has 0 saturated carbocycles. The van der Waals surface area contributed by atoms with Crippen molar-refractivity contribution in [3.63, 3.8) is 0 Å². The summed E-state index contributed by atoms with van der Waals surface area (Å²) in [4.78, 5) is 36.5. The van der Waals surface area contributed by atoms with Gasteiger partial charge in [0.25, 0.3) is 5.91 Å². The van der Waals surface area contributed by atoms with E-state index in [0.29, 0.717) is 29.4 Å². The van der Waals surface area contributed by atoms with Crippen LogP contribution in [0.15, 0.2) is 53.7 Å². The fourth-order valence-electron chi connectivity index (χ4n) is 4.41. The second kappa shape index (κ2) is 11.2. The van der Waals surface area contributed by atoms with Crippen LogP contribution in [0.5, 0.6) is 0 Å². The van der Waals surface area contributed by atoms with Crippen LogP contribution < -0.4 is 5.69 Å². The molecule has 4 aromatic rings. The van der Waals surface area contributed by atoms with Crippen molar-refractivity contribution in [2.45, 2.75) is 44.6 Å². The van der Waals surface area contributed by atoms with E-state index in [4.69, 9.17) is 11.6 Å². The quantitative estimate of drug-likeness (QED) is 0.359. The van der Waals surface area contributed by atoms with E-state index in [0.717, 1.165) is 28.5 Å². The Balaban J connectivity index is 1.45. The van der Waals surface area contributed by atoms with Gasteiger partial charge in [0, 0.05) is 29.9 Å². The van der Waals surface area contributed by atoms with Gasteiger partial charge >= 0.3 is 11.9 Å². The first-order chi connectivity index (χ1) is 19.1. The molecule has 3 aromatic heterocycles. The molecule has 1 amide bonds. The Bertz CT molecular complexity index is 1560. The smallest absolute Gasteiger partial charge is 0.382 e. The van der Waals surface area contributed by atoms with Gasteiger partial charge in [0.15, 0.2) is 23.4 Å². The largest absolute Gasteiger partial charge is 0.416 e. The molecule has 40 heavy (non-hydrogen) atoms. The summed E-state index contributed by atoms with van der Waals surface area (Å²) < 4.78 is 42.4. The number of alkyl halides is 3. The molecule has 5 rings (SSSR count). The van der Waals surface area contributed by atoms with Crippen LogP contribution >= 0.6 is 11.6 Å². The molecule has 0 bridgehead atoms. The SMILES string of the molecule is O=C(c1ncccc1-n1cnc(Cn2nc(-c3ccc(Cl)cc3)n(C[C@@H](O)C(F)(F)F)c2=O)n1)N1CCCCC1. The molecule has 0 unspecified atom stereocenters. The lowest BCUT2D eigenvalue weighted by molar-refractivity contribution is -0.207. The molecule has 4 heterocycles. The van der Waals surface area contributed by atoms with E-state index in [-0.39, 0.29) is 29.8 Å². The summed E-state index contributed by atoms with van der Waals surface area (Å²) in [5.74, 6) is -0.199. The van der Waals surface area contributed by atoms with Gasteiger partial charge in [0.2, 0.25) is 0 Å². The number of halogens is 4. The Morgan fingerprint density at radius 1 is 1.05 bits per heavy atom. The summed E-state index contributed by atoms with van der Waals surface area (Å²) in [6, 6.07) is 9.33. The van der Waals surface area contributed by atoms with Crippen molar-refractivity contribution in [2.24, 2.45) is 0 Å². The summed E-state index contributed by atoms with van der Waals surface area (Å²) in [7, 11) is 0. The molecule has 0 aliphatic carbocycles. The van der Waals surface area contributed by atoms with Gasteiger partial charge in [-0.25, -0.2) is 24.1 Å². The lowest BCUT2D eigenvalue weighted by atomic mass is 10.1. The van der Waals surface area contributed by atoms with E-state index in [9.17, 15) is 27.9 Å². The molecule has 0 spiro atoms. The molecular formula is C25H24ClF3N8O3. The number of pyridine rings is 1. The van der Waals surface area contributed by atoms with Gasteiger partial charge < -0.3 is 10.0 Å². The van der Waals surface area contributed by atoms with Crippen LogP contribution in [-0.4, -0.2) is 75.4 Å². The summed E-state index contributed by atoms with van der Waals surface area (Å²) >= 11 is 5.92. The second-order valence-electron chi connectivity index (χ2n) is 9.27. The molecule has 1 fully saturated rings. The maximum atomic E-state index is 13.1.